The molecule has 0 aliphatic heterocycles. The molecule has 0 spiro atoms. The number of benzene rings is 1. The maximum atomic E-state index is 13.4. The van der Waals surface area contributed by atoms with E-state index in [2.05, 4.69) is 10.6 Å². The second-order valence-electron chi connectivity index (χ2n) is 5.28. The van der Waals surface area contributed by atoms with Crippen molar-refractivity contribution < 1.29 is 18.7 Å². The number of hydrogen-bond acceptors (Lipinski definition) is 3. The van der Waals surface area contributed by atoms with Gasteiger partial charge < -0.3 is 15.7 Å². The molecule has 20 heavy (non-hydrogen) atoms. The number of rotatable bonds is 6. The summed E-state index contributed by atoms with van der Waals surface area (Å²) in [5.41, 5.74) is -0.759. The highest BCUT2D eigenvalue weighted by Crippen LogP contribution is 2.18. The number of carbonyl (C=O) groups is 1. The predicted molar refractivity (Wildman–Crippen MR) is 72.0 cm³/mol. The second-order valence-corrected chi connectivity index (χ2v) is 5.28. The third-order valence-electron chi connectivity index (χ3n) is 3.06. The van der Waals surface area contributed by atoms with Crippen LogP contribution >= 0.6 is 0 Å². The molecule has 0 aliphatic carbocycles. The summed E-state index contributed by atoms with van der Waals surface area (Å²) in [5.74, 6) is -1.41. The van der Waals surface area contributed by atoms with Crippen LogP contribution < -0.4 is 10.6 Å². The Morgan fingerprint density at radius 3 is 2.65 bits per heavy atom. The average Bonchev–Trinajstić information content (AvgIpc) is 2.40. The number of hydrogen-bond donors (Lipinski definition) is 3. The van der Waals surface area contributed by atoms with Crippen molar-refractivity contribution in [3.63, 3.8) is 0 Å². The fourth-order valence-electron chi connectivity index (χ4n) is 1.82. The second kappa shape index (κ2) is 6.76. The first-order valence-corrected chi connectivity index (χ1v) is 6.34. The van der Waals surface area contributed by atoms with E-state index in [0.29, 0.717) is 6.54 Å². The van der Waals surface area contributed by atoms with Gasteiger partial charge in [-0.1, -0.05) is 0 Å². The number of carbonyl (C=O) groups excluding carboxylic acids is 1. The van der Waals surface area contributed by atoms with Gasteiger partial charge in [-0.2, -0.15) is 0 Å². The third-order valence-corrected chi connectivity index (χ3v) is 3.06. The van der Waals surface area contributed by atoms with Crippen LogP contribution in [0.15, 0.2) is 18.2 Å². The lowest BCUT2D eigenvalue weighted by Crippen LogP contribution is -2.43. The van der Waals surface area contributed by atoms with Gasteiger partial charge in [-0.15, -0.1) is 0 Å². The SMILES string of the molecule is CNC(=O)C(C)(C)CNCC(O)c1cc(F)ccc1F. The molecule has 0 aliphatic rings. The van der Waals surface area contributed by atoms with Crippen LogP contribution in [0.2, 0.25) is 0 Å². The van der Waals surface area contributed by atoms with Crippen LogP contribution in [0.25, 0.3) is 0 Å². The van der Waals surface area contributed by atoms with E-state index in [1.165, 1.54) is 0 Å². The summed E-state index contributed by atoms with van der Waals surface area (Å²) in [6.45, 7) is 3.82. The average molecular weight is 286 g/mol. The van der Waals surface area contributed by atoms with Crippen molar-refractivity contribution in [3.05, 3.63) is 35.4 Å². The maximum Gasteiger partial charge on any atom is 0.226 e. The van der Waals surface area contributed by atoms with E-state index in [4.69, 9.17) is 0 Å². The van der Waals surface area contributed by atoms with Crippen molar-refractivity contribution >= 4 is 5.91 Å². The van der Waals surface area contributed by atoms with Gasteiger partial charge in [-0.25, -0.2) is 8.78 Å². The highest BCUT2D eigenvalue weighted by atomic mass is 19.1. The summed E-state index contributed by atoms with van der Waals surface area (Å²) in [7, 11) is 1.54. The van der Waals surface area contributed by atoms with Gasteiger partial charge in [0.1, 0.15) is 11.6 Å². The zero-order valence-corrected chi connectivity index (χ0v) is 11.8. The summed E-state index contributed by atoms with van der Waals surface area (Å²) in [4.78, 5) is 11.6. The number of aliphatic hydroxyl groups is 1. The molecule has 6 heteroatoms. The number of aliphatic hydroxyl groups excluding tert-OH is 1. The quantitative estimate of drug-likeness (QED) is 0.740. The zero-order valence-electron chi connectivity index (χ0n) is 11.8. The van der Waals surface area contributed by atoms with Crippen LogP contribution in [-0.2, 0) is 4.79 Å². The fourth-order valence-corrected chi connectivity index (χ4v) is 1.82. The topological polar surface area (TPSA) is 61.4 Å². The van der Waals surface area contributed by atoms with E-state index >= 15 is 0 Å². The molecule has 1 aromatic rings. The first kappa shape index (κ1) is 16.5. The summed E-state index contributed by atoms with van der Waals surface area (Å²) < 4.78 is 26.5. The van der Waals surface area contributed by atoms with E-state index in [1.54, 1.807) is 20.9 Å². The van der Waals surface area contributed by atoms with E-state index in [1.807, 2.05) is 0 Å². The van der Waals surface area contributed by atoms with Crippen LogP contribution in [0.4, 0.5) is 8.78 Å². The van der Waals surface area contributed by atoms with E-state index in [0.717, 1.165) is 18.2 Å². The van der Waals surface area contributed by atoms with Gasteiger partial charge in [0.15, 0.2) is 0 Å². The Balaban J connectivity index is 2.58. The lowest BCUT2D eigenvalue weighted by atomic mass is 9.92. The molecule has 1 amide bonds. The van der Waals surface area contributed by atoms with Crippen molar-refractivity contribution in [2.24, 2.45) is 5.41 Å². The minimum atomic E-state index is -1.17. The van der Waals surface area contributed by atoms with Gasteiger partial charge in [-0.05, 0) is 32.0 Å². The minimum absolute atomic E-state index is 0.0286. The molecule has 1 aromatic carbocycles. The molecule has 0 heterocycles. The van der Waals surface area contributed by atoms with Crippen molar-refractivity contribution in [2.45, 2.75) is 20.0 Å². The molecule has 1 atom stereocenters. The molecule has 112 valence electrons. The van der Waals surface area contributed by atoms with Crippen molar-refractivity contribution in [1.29, 1.82) is 0 Å². The Morgan fingerprint density at radius 2 is 2.05 bits per heavy atom. The monoisotopic (exact) mass is 286 g/mol. The third kappa shape index (κ3) is 4.25. The minimum Gasteiger partial charge on any atom is -0.387 e. The Kier molecular flexibility index (Phi) is 5.59. The largest absolute Gasteiger partial charge is 0.387 e. The highest BCUT2D eigenvalue weighted by molar-refractivity contribution is 5.81. The van der Waals surface area contributed by atoms with Gasteiger partial charge in [0.2, 0.25) is 5.91 Å². The van der Waals surface area contributed by atoms with Crippen LogP contribution in [0.3, 0.4) is 0 Å². The Morgan fingerprint density at radius 1 is 1.40 bits per heavy atom. The molecule has 0 fully saturated rings. The summed E-state index contributed by atoms with van der Waals surface area (Å²) in [5, 5.41) is 15.3. The lowest BCUT2D eigenvalue weighted by Gasteiger charge is -2.24. The van der Waals surface area contributed by atoms with Gasteiger partial charge >= 0.3 is 0 Å². The molecular weight excluding hydrogens is 266 g/mol. The van der Waals surface area contributed by atoms with Gasteiger partial charge in [0.05, 0.1) is 11.5 Å². The highest BCUT2D eigenvalue weighted by Gasteiger charge is 2.26. The molecule has 0 radical (unpaired) electrons. The molecule has 1 unspecified atom stereocenters. The predicted octanol–water partition coefficient (Wildman–Crippen LogP) is 1.36. The van der Waals surface area contributed by atoms with Crippen LogP contribution in [0, 0.1) is 17.0 Å². The smallest absolute Gasteiger partial charge is 0.226 e. The summed E-state index contributed by atoms with van der Waals surface area (Å²) >= 11 is 0. The Labute approximate surface area is 117 Å². The standard InChI is InChI=1S/C14H20F2N2O2/c1-14(2,13(20)17-3)8-18-7-12(19)10-6-9(15)4-5-11(10)16/h4-6,12,18-19H,7-8H2,1-3H3,(H,17,20). The first-order chi connectivity index (χ1) is 9.27. The van der Waals surface area contributed by atoms with Crippen molar-refractivity contribution in [1.82, 2.24) is 10.6 Å². The lowest BCUT2D eigenvalue weighted by molar-refractivity contribution is -0.128. The molecule has 0 bridgehead atoms. The van der Waals surface area contributed by atoms with Crippen LogP contribution in [0.1, 0.15) is 25.5 Å². The molecule has 3 N–H and O–H groups in total. The number of nitrogens with one attached hydrogen (secondary N) is 2. The van der Waals surface area contributed by atoms with Gasteiger partial charge in [0.25, 0.3) is 0 Å². The van der Waals surface area contributed by atoms with Crippen molar-refractivity contribution in [3.8, 4) is 0 Å². The first-order valence-electron chi connectivity index (χ1n) is 6.34. The van der Waals surface area contributed by atoms with E-state index in [9.17, 15) is 18.7 Å². The Bertz CT molecular complexity index is 478. The fraction of sp³-hybridized carbons (Fsp3) is 0.500. The number of halogens is 2. The molecule has 0 saturated carbocycles. The van der Waals surface area contributed by atoms with Crippen molar-refractivity contribution in [2.75, 3.05) is 20.1 Å². The summed E-state index contributed by atoms with van der Waals surface area (Å²) in [6.07, 6.45) is -1.17. The molecule has 1 rings (SSSR count). The van der Waals surface area contributed by atoms with Gasteiger partial charge in [-0.3, -0.25) is 4.79 Å². The number of amides is 1. The molecular formula is C14H20F2N2O2. The zero-order chi connectivity index (χ0) is 15.3. The van der Waals surface area contributed by atoms with Gasteiger partial charge in [0, 0.05) is 25.7 Å². The van der Waals surface area contributed by atoms with E-state index in [-0.39, 0.29) is 18.0 Å². The van der Waals surface area contributed by atoms with Crippen LogP contribution in [0.5, 0.6) is 0 Å². The van der Waals surface area contributed by atoms with Crippen LogP contribution in [-0.4, -0.2) is 31.2 Å². The molecule has 4 nitrogen and oxygen atoms in total. The normalized spacial score (nSPS) is 13.1. The summed E-state index contributed by atoms with van der Waals surface area (Å²) in [6, 6.07) is 2.93. The van der Waals surface area contributed by atoms with E-state index < -0.39 is 23.2 Å². The maximum absolute atomic E-state index is 13.4. The molecule has 0 saturated heterocycles. The Hall–Kier alpha value is -1.53. The molecule has 0 aromatic heterocycles.